The summed E-state index contributed by atoms with van der Waals surface area (Å²) in [7, 11) is 1.77. The molecular formula is C19H20Br2N2O2. The molecule has 0 aliphatic heterocycles. The van der Waals surface area contributed by atoms with Gasteiger partial charge in [-0.1, -0.05) is 62.2 Å². The van der Waals surface area contributed by atoms with Crippen LogP contribution in [0.4, 0.5) is 0 Å². The van der Waals surface area contributed by atoms with Gasteiger partial charge in [-0.2, -0.15) is 0 Å². The predicted octanol–water partition coefficient (Wildman–Crippen LogP) is 4.44. The molecule has 25 heavy (non-hydrogen) atoms. The Hall–Kier alpha value is -1.66. The number of carbonyl (C=O) groups excluding carboxylic acids is 2. The van der Waals surface area contributed by atoms with Gasteiger partial charge in [0.1, 0.15) is 0 Å². The quantitative estimate of drug-likeness (QED) is 0.682. The van der Waals surface area contributed by atoms with Crippen LogP contribution in [0.2, 0.25) is 0 Å². The van der Waals surface area contributed by atoms with Crippen LogP contribution in [0, 0.1) is 0 Å². The molecule has 2 aromatic rings. The van der Waals surface area contributed by atoms with E-state index in [2.05, 4.69) is 37.2 Å². The molecule has 0 bridgehead atoms. The van der Waals surface area contributed by atoms with Crippen molar-refractivity contribution in [3.8, 4) is 0 Å². The second-order valence-corrected chi connectivity index (χ2v) is 7.62. The normalized spacial score (nSPS) is 11.7. The number of nitrogens with one attached hydrogen (secondary N) is 1. The van der Waals surface area contributed by atoms with Crippen LogP contribution >= 0.6 is 31.9 Å². The van der Waals surface area contributed by atoms with Gasteiger partial charge in [-0.15, -0.1) is 0 Å². The van der Waals surface area contributed by atoms with E-state index >= 15 is 0 Å². The first-order valence-electron chi connectivity index (χ1n) is 7.86. The molecule has 0 spiro atoms. The van der Waals surface area contributed by atoms with Gasteiger partial charge < -0.3 is 10.2 Å². The van der Waals surface area contributed by atoms with Gasteiger partial charge in [-0.25, -0.2) is 0 Å². The van der Waals surface area contributed by atoms with E-state index in [9.17, 15) is 9.59 Å². The fourth-order valence-electron chi connectivity index (χ4n) is 2.49. The smallest absolute Gasteiger partial charge is 0.225 e. The summed E-state index contributed by atoms with van der Waals surface area (Å²) < 4.78 is 1.93. The number of amides is 2. The molecule has 0 aliphatic rings. The van der Waals surface area contributed by atoms with Gasteiger partial charge in [0.2, 0.25) is 11.8 Å². The van der Waals surface area contributed by atoms with E-state index in [1.54, 1.807) is 11.9 Å². The fourth-order valence-corrected chi connectivity index (χ4v) is 3.17. The Morgan fingerprint density at radius 2 is 1.72 bits per heavy atom. The number of rotatable bonds is 6. The number of benzene rings is 2. The van der Waals surface area contributed by atoms with Crippen molar-refractivity contribution >= 4 is 43.7 Å². The van der Waals surface area contributed by atoms with Crippen LogP contribution in [-0.4, -0.2) is 23.8 Å². The zero-order valence-corrected chi connectivity index (χ0v) is 17.3. The van der Waals surface area contributed by atoms with Crippen LogP contribution in [0.5, 0.6) is 0 Å². The summed E-state index contributed by atoms with van der Waals surface area (Å²) in [4.78, 5) is 25.8. The molecule has 1 N–H and O–H groups in total. The van der Waals surface area contributed by atoms with Crippen molar-refractivity contribution in [3.05, 3.63) is 68.6 Å². The monoisotopic (exact) mass is 466 g/mol. The second kappa shape index (κ2) is 9.15. The highest BCUT2D eigenvalue weighted by Gasteiger charge is 2.20. The van der Waals surface area contributed by atoms with Gasteiger partial charge in [0, 0.05) is 29.5 Å². The first-order valence-corrected chi connectivity index (χ1v) is 9.45. The zero-order valence-electron chi connectivity index (χ0n) is 14.1. The fraction of sp³-hybridized carbons (Fsp3) is 0.263. The van der Waals surface area contributed by atoms with Crippen LogP contribution in [0.25, 0.3) is 0 Å². The van der Waals surface area contributed by atoms with Crippen molar-refractivity contribution in [2.24, 2.45) is 0 Å². The van der Waals surface area contributed by atoms with Crippen LogP contribution in [0.1, 0.15) is 30.5 Å². The van der Waals surface area contributed by atoms with E-state index in [0.29, 0.717) is 6.54 Å². The Labute approximate surface area is 164 Å². The third kappa shape index (κ3) is 5.97. The number of nitrogens with zero attached hydrogens (tertiary/aromatic N) is 1. The lowest BCUT2D eigenvalue weighted by atomic mass is 10.0. The molecule has 2 rings (SSSR count). The standard InChI is InChI=1S/C19H20Br2N2O2/c1-13(24)22-18(14-7-9-16(20)10-8-14)11-19(25)23(2)12-15-5-3-4-6-17(15)21/h3-10,18H,11-12H2,1-2H3,(H,22,24). The molecule has 0 aliphatic carbocycles. The Morgan fingerprint density at radius 1 is 1.08 bits per heavy atom. The van der Waals surface area contributed by atoms with Crippen molar-refractivity contribution in [2.75, 3.05) is 7.05 Å². The first-order chi connectivity index (χ1) is 11.9. The SMILES string of the molecule is CC(=O)NC(CC(=O)N(C)Cc1ccccc1Br)c1ccc(Br)cc1. The van der Waals surface area contributed by atoms with Gasteiger partial charge in [-0.3, -0.25) is 9.59 Å². The van der Waals surface area contributed by atoms with Crippen molar-refractivity contribution in [2.45, 2.75) is 25.9 Å². The molecule has 132 valence electrons. The molecule has 0 fully saturated rings. The van der Waals surface area contributed by atoms with Crippen molar-refractivity contribution in [1.29, 1.82) is 0 Å². The average molecular weight is 468 g/mol. The van der Waals surface area contributed by atoms with Crippen LogP contribution in [0.15, 0.2) is 57.5 Å². The Bertz CT molecular complexity index is 747. The molecule has 4 nitrogen and oxygen atoms in total. The summed E-state index contributed by atoms with van der Waals surface area (Å²) in [6.07, 6.45) is 0.210. The highest BCUT2D eigenvalue weighted by atomic mass is 79.9. The van der Waals surface area contributed by atoms with Gasteiger partial charge in [-0.05, 0) is 29.3 Å². The predicted molar refractivity (Wildman–Crippen MR) is 106 cm³/mol. The molecule has 0 radical (unpaired) electrons. The van der Waals surface area contributed by atoms with Gasteiger partial charge in [0.05, 0.1) is 12.5 Å². The summed E-state index contributed by atoms with van der Waals surface area (Å²) >= 11 is 6.90. The van der Waals surface area contributed by atoms with E-state index < -0.39 is 0 Å². The molecule has 0 heterocycles. The molecule has 0 aromatic heterocycles. The van der Waals surface area contributed by atoms with E-state index in [-0.39, 0.29) is 24.3 Å². The first kappa shape index (κ1) is 19.7. The topological polar surface area (TPSA) is 49.4 Å². The maximum atomic E-state index is 12.6. The highest BCUT2D eigenvalue weighted by molar-refractivity contribution is 9.10. The number of hydrogen-bond donors (Lipinski definition) is 1. The van der Waals surface area contributed by atoms with Gasteiger partial charge >= 0.3 is 0 Å². The lowest BCUT2D eigenvalue weighted by Crippen LogP contribution is -2.33. The third-order valence-corrected chi connectivity index (χ3v) is 5.12. The lowest BCUT2D eigenvalue weighted by molar-refractivity contribution is -0.131. The molecule has 0 saturated carbocycles. The van der Waals surface area contributed by atoms with Crippen LogP contribution in [-0.2, 0) is 16.1 Å². The van der Waals surface area contributed by atoms with E-state index in [4.69, 9.17) is 0 Å². The van der Waals surface area contributed by atoms with Crippen molar-refractivity contribution in [1.82, 2.24) is 10.2 Å². The third-order valence-electron chi connectivity index (χ3n) is 3.82. The molecule has 6 heteroatoms. The Kier molecular flexibility index (Phi) is 7.20. The van der Waals surface area contributed by atoms with Gasteiger partial charge in [0.25, 0.3) is 0 Å². The summed E-state index contributed by atoms with van der Waals surface area (Å²) in [5, 5.41) is 2.87. The summed E-state index contributed by atoms with van der Waals surface area (Å²) in [6.45, 7) is 1.97. The Balaban J connectivity index is 2.09. The molecular weight excluding hydrogens is 448 g/mol. The Morgan fingerprint density at radius 3 is 2.32 bits per heavy atom. The van der Waals surface area contributed by atoms with Crippen molar-refractivity contribution < 1.29 is 9.59 Å². The lowest BCUT2D eigenvalue weighted by Gasteiger charge is -2.23. The molecule has 2 aromatic carbocycles. The summed E-state index contributed by atoms with van der Waals surface area (Å²) in [5.41, 5.74) is 1.94. The summed E-state index contributed by atoms with van der Waals surface area (Å²) in [6, 6.07) is 15.1. The number of hydrogen-bond acceptors (Lipinski definition) is 2. The highest BCUT2D eigenvalue weighted by Crippen LogP contribution is 2.22. The minimum Gasteiger partial charge on any atom is -0.349 e. The molecule has 1 unspecified atom stereocenters. The van der Waals surface area contributed by atoms with E-state index in [1.165, 1.54) is 6.92 Å². The maximum absolute atomic E-state index is 12.6. The minimum absolute atomic E-state index is 0.0302. The van der Waals surface area contributed by atoms with Gasteiger partial charge in [0.15, 0.2) is 0 Å². The number of halogens is 2. The minimum atomic E-state index is -0.347. The molecule has 2 amide bonds. The van der Waals surface area contributed by atoms with Crippen LogP contribution < -0.4 is 5.32 Å². The van der Waals surface area contributed by atoms with E-state index in [1.807, 2.05) is 48.5 Å². The van der Waals surface area contributed by atoms with Crippen molar-refractivity contribution in [3.63, 3.8) is 0 Å². The maximum Gasteiger partial charge on any atom is 0.225 e. The largest absolute Gasteiger partial charge is 0.349 e. The van der Waals surface area contributed by atoms with Crippen LogP contribution in [0.3, 0.4) is 0 Å². The zero-order chi connectivity index (χ0) is 18.4. The molecule has 0 saturated heterocycles. The van der Waals surface area contributed by atoms with E-state index in [0.717, 1.165) is 20.1 Å². The second-order valence-electron chi connectivity index (χ2n) is 5.85. The average Bonchev–Trinajstić information content (AvgIpc) is 2.56. The summed E-state index contributed by atoms with van der Waals surface area (Å²) in [5.74, 6) is -0.188. The molecule has 1 atom stereocenters. The number of carbonyl (C=O) groups is 2.